The Morgan fingerprint density at radius 3 is 2.29 bits per heavy atom. The molecule has 2 saturated heterocycles. The predicted molar refractivity (Wildman–Crippen MR) is 106 cm³/mol. The molecule has 2 amide bonds. The summed E-state index contributed by atoms with van der Waals surface area (Å²) in [4.78, 5) is 30.4. The van der Waals surface area contributed by atoms with Crippen LogP contribution in [0, 0.1) is 0 Å². The van der Waals surface area contributed by atoms with Crippen molar-refractivity contribution >= 4 is 12.2 Å². The lowest BCUT2D eigenvalue weighted by molar-refractivity contribution is 0.0107. The summed E-state index contributed by atoms with van der Waals surface area (Å²) in [5, 5.41) is 0. The molecule has 0 saturated carbocycles. The van der Waals surface area contributed by atoms with Crippen molar-refractivity contribution < 1.29 is 19.1 Å². The summed E-state index contributed by atoms with van der Waals surface area (Å²) in [7, 11) is 0. The number of rotatable bonds is 3. The van der Waals surface area contributed by atoms with E-state index in [2.05, 4.69) is 4.90 Å². The van der Waals surface area contributed by atoms with Crippen molar-refractivity contribution in [2.75, 3.05) is 39.3 Å². The van der Waals surface area contributed by atoms with Gasteiger partial charge in [-0.25, -0.2) is 9.59 Å². The van der Waals surface area contributed by atoms with Gasteiger partial charge in [-0.05, 0) is 32.8 Å². The van der Waals surface area contributed by atoms with E-state index < -0.39 is 5.60 Å². The van der Waals surface area contributed by atoms with Gasteiger partial charge in [-0.1, -0.05) is 30.3 Å². The second-order valence-corrected chi connectivity index (χ2v) is 8.43. The third-order valence-corrected chi connectivity index (χ3v) is 5.11. The summed E-state index contributed by atoms with van der Waals surface area (Å²) in [6.07, 6.45) is 0.441. The Morgan fingerprint density at radius 2 is 1.64 bits per heavy atom. The molecule has 2 heterocycles. The summed E-state index contributed by atoms with van der Waals surface area (Å²) >= 11 is 0. The minimum atomic E-state index is -0.472. The standard InChI is InChI=1S/C21H31N3O4/c1-21(2,3)28-20(26)23-13-11-22(12-14-23)18-9-10-24(15-18)19(25)27-16-17-7-5-4-6-8-17/h4-8,18H,9-16H2,1-3H3. The van der Waals surface area contributed by atoms with E-state index >= 15 is 0 Å². The molecule has 1 atom stereocenters. The minimum absolute atomic E-state index is 0.246. The van der Waals surface area contributed by atoms with Crippen LogP contribution in [0.25, 0.3) is 0 Å². The molecule has 2 aliphatic rings. The molecule has 0 aliphatic carbocycles. The van der Waals surface area contributed by atoms with Crippen molar-refractivity contribution in [2.45, 2.75) is 45.4 Å². The van der Waals surface area contributed by atoms with Crippen LogP contribution in [-0.4, -0.2) is 77.8 Å². The van der Waals surface area contributed by atoms with Crippen LogP contribution < -0.4 is 0 Å². The first-order valence-electron chi connectivity index (χ1n) is 9.99. The third-order valence-electron chi connectivity index (χ3n) is 5.11. The van der Waals surface area contributed by atoms with Crippen LogP contribution in [0.5, 0.6) is 0 Å². The van der Waals surface area contributed by atoms with E-state index in [9.17, 15) is 9.59 Å². The molecular formula is C21H31N3O4. The lowest BCUT2D eigenvalue weighted by Crippen LogP contribution is -2.53. The summed E-state index contributed by atoms with van der Waals surface area (Å²) in [5.74, 6) is 0. The average molecular weight is 389 g/mol. The first-order valence-corrected chi connectivity index (χ1v) is 9.99. The smallest absolute Gasteiger partial charge is 0.410 e. The highest BCUT2D eigenvalue weighted by Gasteiger charge is 2.34. The number of piperazine rings is 1. The fourth-order valence-electron chi connectivity index (χ4n) is 3.61. The molecule has 7 nitrogen and oxygen atoms in total. The first-order chi connectivity index (χ1) is 13.3. The van der Waals surface area contributed by atoms with Crippen molar-refractivity contribution in [3.8, 4) is 0 Å². The quantitative estimate of drug-likeness (QED) is 0.795. The first kappa shape index (κ1) is 20.5. The van der Waals surface area contributed by atoms with Crippen molar-refractivity contribution in [3.63, 3.8) is 0 Å². The van der Waals surface area contributed by atoms with Crippen molar-refractivity contribution in [1.82, 2.24) is 14.7 Å². The number of likely N-dealkylation sites (tertiary alicyclic amines) is 1. The molecule has 1 aromatic rings. The van der Waals surface area contributed by atoms with Gasteiger partial charge in [0.1, 0.15) is 12.2 Å². The van der Waals surface area contributed by atoms with Gasteiger partial charge in [-0.15, -0.1) is 0 Å². The highest BCUT2D eigenvalue weighted by molar-refractivity contribution is 5.68. The van der Waals surface area contributed by atoms with Gasteiger partial charge in [0.15, 0.2) is 0 Å². The van der Waals surface area contributed by atoms with E-state index in [1.165, 1.54) is 0 Å². The fraction of sp³-hybridized carbons (Fsp3) is 0.619. The molecular weight excluding hydrogens is 358 g/mol. The average Bonchev–Trinajstić information content (AvgIpc) is 3.16. The Morgan fingerprint density at radius 1 is 0.964 bits per heavy atom. The largest absolute Gasteiger partial charge is 0.445 e. The van der Waals surface area contributed by atoms with E-state index in [1.807, 2.05) is 51.1 Å². The van der Waals surface area contributed by atoms with Crippen molar-refractivity contribution in [3.05, 3.63) is 35.9 Å². The van der Waals surface area contributed by atoms with Gasteiger partial charge in [0.2, 0.25) is 0 Å². The SMILES string of the molecule is CC(C)(C)OC(=O)N1CCN(C2CCN(C(=O)OCc3ccccc3)C2)CC1. The number of benzene rings is 1. The Labute approximate surface area is 167 Å². The Bertz CT molecular complexity index is 666. The van der Waals surface area contributed by atoms with Crippen LogP contribution in [0.1, 0.15) is 32.8 Å². The molecule has 0 bridgehead atoms. The van der Waals surface area contributed by atoms with Crippen molar-refractivity contribution in [2.24, 2.45) is 0 Å². The van der Waals surface area contributed by atoms with Gasteiger partial charge in [0.25, 0.3) is 0 Å². The summed E-state index contributed by atoms with van der Waals surface area (Å²) in [5.41, 5.74) is 0.519. The van der Waals surface area contributed by atoms with Gasteiger partial charge in [-0.2, -0.15) is 0 Å². The van der Waals surface area contributed by atoms with E-state index in [1.54, 1.807) is 9.80 Å². The molecule has 154 valence electrons. The molecule has 7 heteroatoms. The second-order valence-electron chi connectivity index (χ2n) is 8.43. The number of hydrogen-bond donors (Lipinski definition) is 0. The highest BCUT2D eigenvalue weighted by atomic mass is 16.6. The lowest BCUT2D eigenvalue weighted by Gasteiger charge is -2.38. The summed E-state index contributed by atoms with van der Waals surface area (Å²) < 4.78 is 10.9. The van der Waals surface area contributed by atoms with Crippen LogP contribution in [0.15, 0.2) is 30.3 Å². The molecule has 2 fully saturated rings. The minimum Gasteiger partial charge on any atom is -0.445 e. The number of nitrogens with zero attached hydrogens (tertiary/aromatic N) is 3. The third kappa shape index (κ3) is 5.61. The maximum absolute atomic E-state index is 12.3. The Kier molecular flexibility index (Phi) is 6.44. The number of hydrogen-bond acceptors (Lipinski definition) is 5. The summed E-state index contributed by atoms with van der Waals surface area (Å²) in [6, 6.07) is 10.0. The monoisotopic (exact) mass is 389 g/mol. The van der Waals surface area contributed by atoms with Crippen LogP contribution in [-0.2, 0) is 16.1 Å². The zero-order valence-corrected chi connectivity index (χ0v) is 17.1. The molecule has 0 radical (unpaired) electrons. The highest BCUT2D eigenvalue weighted by Crippen LogP contribution is 2.20. The Hall–Kier alpha value is -2.28. The zero-order chi connectivity index (χ0) is 20.1. The molecule has 0 spiro atoms. The van der Waals surface area contributed by atoms with Crippen LogP contribution >= 0.6 is 0 Å². The van der Waals surface area contributed by atoms with Gasteiger partial charge < -0.3 is 19.3 Å². The summed E-state index contributed by atoms with van der Waals surface area (Å²) in [6.45, 7) is 10.3. The Balaban J connectivity index is 1.41. The van der Waals surface area contributed by atoms with E-state index in [0.29, 0.717) is 38.8 Å². The molecule has 1 aromatic carbocycles. The van der Waals surface area contributed by atoms with E-state index in [0.717, 1.165) is 25.1 Å². The molecule has 1 unspecified atom stereocenters. The predicted octanol–water partition coefficient (Wildman–Crippen LogP) is 2.95. The molecule has 28 heavy (non-hydrogen) atoms. The molecule has 0 N–H and O–H groups in total. The van der Waals surface area contributed by atoms with Crippen LogP contribution in [0.3, 0.4) is 0 Å². The topological polar surface area (TPSA) is 62.3 Å². The maximum Gasteiger partial charge on any atom is 0.410 e. The van der Waals surface area contributed by atoms with Gasteiger partial charge in [0.05, 0.1) is 0 Å². The molecule has 0 aromatic heterocycles. The second kappa shape index (κ2) is 8.82. The number of ether oxygens (including phenoxy) is 2. The van der Waals surface area contributed by atoms with Crippen LogP contribution in [0.4, 0.5) is 9.59 Å². The van der Waals surface area contributed by atoms with E-state index in [4.69, 9.17) is 9.47 Å². The zero-order valence-electron chi connectivity index (χ0n) is 17.1. The van der Waals surface area contributed by atoms with Gasteiger partial charge >= 0.3 is 12.2 Å². The number of carbonyl (C=O) groups is 2. The normalized spacial score (nSPS) is 20.9. The number of amides is 2. The molecule has 2 aliphatic heterocycles. The number of carbonyl (C=O) groups excluding carboxylic acids is 2. The van der Waals surface area contributed by atoms with Crippen LogP contribution in [0.2, 0.25) is 0 Å². The maximum atomic E-state index is 12.3. The molecule has 3 rings (SSSR count). The van der Waals surface area contributed by atoms with Gasteiger partial charge in [-0.3, -0.25) is 4.90 Å². The lowest BCUT2D eigenvalue weighted by atomic mass is 10.2. The van der Waals surface area contributed by atoms with E-state index in [-0.39, 0.29) is 12.2 Å². The van der Waals surface area contributed by atoms with Gasteiger partial charge in [0, 0.05) is 45.3 Å². The van der Waals surface area contributed by atoms with Crippen molar-refractivity contribution in [1.29, 1.82) is 0 Å². The fourth-order valence-corrected chi connectivity index (χ4v) is 3.61.